The molecule has 1 amide bonds. The van der Waals surface area contributed by atoms with Gasteiger partial charge in [0.2, 0.25) is 5.91 Å². The van der Waals surface area contributed by atoms with Crippen molar-refractivity contribution < 1.29 is 24.5 Å². The number of unbranched alkanes of at least 4 members (excludes halogenated alkanes) is 1. The van der Waals surface area contributed by atoms with Crippen molar-refractivity contribution in [2.24, 2.45) is 0 Å². The van der Waals surface area contributed by atoms with Crippen LogP contribution < -0.4 is 0 Å². The van der Waals surface area contributed by atoms with Gasteiger partial charge in [-0.2, -0.15) is 0 Å². The van der Waals surface area contributed by atoms with Crippen LogP contribution in [0.1, 0.15) is 37.7 Å². The fraction of sp³-hybridized carbons (Fsp3) is 0.550. The molecule has 0 aromatic carbocycles. The first-order valence-electron chi connectivity index (χ1n) is 9.40. The first-order chi connectivity index (χ1) is 13.1. The van der Waals surface area contributed by atoms with Gasteiger partial charge < -0.3 is 19.8 Å². The van der Waals surface area contributed by atoms with E-state index in [-0.39, 0.29) is 18.6 Å². The maximum atomic E-state index is 12.3. The normalized spacial score (nSPS) is 18.8. The molecule has 1 fully saturated rings. The van der Waals surface area contributed by atoms with Crippen molar-refractivity contribution in [2.75, 3.05) is 19.8 Å². The highest BCUT2D eigenvalue weighted by atomic mass is 16.5. The molecule has 0 aliphatic carbocycles. The third-order valence-corrected chi connectivity index (χ3v) is 4.52. The van der Waals surface area contributed by atoms with Crippen molar-refractivity contribution in [3.8, 4) is 0 Å². The topological polar surface area (TPSA) is 100.0 Å². The minimum absolute atomic E-state index is 0.00159. The Morgan fingerprint density at radius 2 is 2.15 bits per heavy atom. The zero-order valence-corrected chi connectivity index (χ0v) is 15.5. The van der Waals surface area contributed by atoms with Gasteiger partial charge in [-0.25, -0.2) is 4.79 Å². The minimum Gasteiger partial charge on any atom is -0.480 e. The molecule has 1 aliphatic rings. The molecule has 27 heavy (non-hydrogen) atoms. The number of piperidine rings is 1. The van der Waals surface area contributed by atoms with Gasteiger partial charge in [-0.05, 0) is 43.4 Å². The number of carboxylic acids is 1. The van der Waals surface area contributed by atoms with Crippen molar-refractivity contribution in [3.63, 3.8) is 0 Å². The zero-order chi connectivity index (χ0) is 19.5. The number of likely N-dealkylation sites (tertiary alicyclic amines) is 1. The van der Waals surface area contributed by atoms with Crippen molar-refractivity contribution in [2.45, 2.75) is 50.7 Å². The van der Waals surface area contributed by atoms with Crippen LogP contribution in [0.25, 0.3) is 0 Å². The summed E-state index contributed by atoms with van der Waals surface area (Å²) < 4.78 is 5.02. The molecular weight excluding hydrogens is 348 g/mol. The quantitative estimate of drug-likeness (QED) is 0.451. The molecule has 1 saturated heterocycles. The van der Waals surface area contributed by atoms with E-state index >= 15 is 0 Å². The van der Waals surface area contributed by atoms with Crippen LogP contribution >= 0.6 is 0 Å². The van der Waals surface area contributed by atoms with Gasteiger partial charge in [0.1, 0.15) is 6.61 Å². The van der Waals surface area contributed by atoms with Crippen LogP contribution in [0.4, 0.5) is 0 Å². The van der Waals surface area contributed by atoms with Gasteiger partial charge in [0.15, 0.2) is 0 Å². The van der Waals surface area contributed by atoms with Gasteiger partial charge >= 0.3 is 5.97 Å². The van der Waals surface area contributed by atoms with E-state index in [9.17, 15) is 14.7 Å². The lowest BCUT2D eigenvalue weighted by Gasteiger charge is -2.34. The lowest BCUT2D eigenvalue weighted by atomic mass is 9.99. The Balaban J connectivity index is 1.79. The van der Waals surface area contributed by atoms with Crippen LogP contribution in [0.5, 0.6) is 0 Å². The average molecular weight is 376 g/mol. The molecule has 0 spiro atoms. The first-order valence-corrected chi connectivity index (χ1v) is 9.40. The number of hydrogen-bond acceptors (Lipinski definition) is 5. The highest BCUT2D eigenvalue weighted by Gasteiger charge is 2.25. The summed E-state index contributed by atoms with van der Waals surface area (Å²) in [5.74, 6) is -0.845. The molecule has 7 heteroatoms. The van der Waals surface area contributed by atoms with E-state index in [1.54, 1.807) is 18.5 Å². The van der Waals surface area contributed by atoms with Crippen molar-refractivity contribution in [1.29, 1.82) is 0 Å². The number of aliphatic hydroxyl groups excluding tert-OH is 1. The number of nitrogens with zero attached hydrogens (tertiary/aromatic N) is 2. The third-order valence-electron chi connectivity index (χ3n) is 4.52. The second kappa shape index (κ2) is 11.5. The molecule has 2 atom stereocenters. The van der Waals surface area contributed by atoms with E-state index in [0.29, 0.717) is 32.4 Å². The van der Waals surface area contributed by atoms with E-state index in [2.05, 4.69) is 4.98 Å². The average Bonchev–Trinajstić information content (AvgIpc) is 2.65. The van der Waals surface area contributed by atoms with E-state index in [1.165, 1.54) is 0 Å². The summed E-state index contributed by atoms with van der Waals surface area (Å²) in [6, 6.07) is 3.75. The van der Waals surface area contributed by atoms with E-state index in [4.69, 9.17) is 9.84 Å². The smallest absolute Gasteiger partial charge is 0.329 e. The summed E-state index contributed by atoms with van der Waals surface area (Å²) in [5, 5.41) is 18.8. The fourth-order valence-electron chi connectivity index (χ4n) is 3.17. The number of aromatic nitrogens is 1. The van der Waals surface area contributed by atoms with Crippen molar-refractivity contribution in [3.05, 3.63) is 42.2 Å². The van der Waals surface area contributed by atoms with Crippen LogP contribution in [0.15, 0.2) is 36.7 Å². The number of ether oxygens (including phenoxy) is 1. The number of carbonyl (C=O) groups excluding carboxylic acids is 1. The summed E-state index contributed by atoms with van der Waals surface area (Å²) in [5.41, 5.74) is 1.01. The maximum absolute atomic E-state index is 12.3. The van der Waals surface area contributed by atoms with Crippen LogP contribution in [0.3, 0.4) is 0 Å². The van der Waals surface area contributed by atoms with Crippen molar-refractivity contribution in [1.82, 2.24) is 9.88 Å². The summed E-state index contributed by atoms with van der Waals surface area (Å²) in [6.45, 7) is 0.702. The van der Waals surface area contributed by atoms with E-state index < -0.39 is 12.1 Å². The number of carboxylic acid groups (broad SMARTS) is 1. The Morgan fingerprint density at radius 3 is 2.89 bits per heavy atom. The molecule has 2 rings (SSSR count). The second-order valence-electron chi connectivity index (χ2n) is 6.71. The van der Waals surface area contributed by atoms with E-state index in [0.717, 1.165) is 24.8 Å². The van der Waals surface area contributed by atoms with E-state index in [1.807, 2.05) is 23.1 Å². The Hall–Kier alpha value is -2.25. The van der Waals surface area contributed by atoms with Gasteiger partial charge in [0.05, 0.1) is 12.1 Å². The molecule has 1 unspecified atom stereocenters. The molecule has 1 aromatic heterocycles. The predicted octanol–water partition coefficient (Wildman–Crippen LogP) is 1.80. The molecule has 1 aliphatic heterocycles. The molecule has 148 valence electrons. The lowest BCUT2D eigenvalue weighted by Crippen LogP contribution is -2.43. The summed E-state index contributed by atoms with van der Waals surface area (Å²) in [7, 11) is 0. The first kappa shape index (κ1) is 21.1. The van der Waals surface area contributed by atoms with Crippen LogP contribution in [0.2, 0.25) is 0 Å². The number of aliphatic hydroxyl groups is 1. The largest absolute Gasteiger partial charge is 0.480 e. The molecular formula is C20H28N2O5. The third kappa shape index (κ3) is 7.88. The minimum atomic E-state index is -0.975. The number of carbonyl (C=O) groups is 2. The van der Waals surface area contributed by atoms with Gasteiger partial charge in [0.25, 0.3) is 0 Å². The number of rotatable bonds is 11. The summed E-state index contributed by atoms with van der Waals surface area (Å²) >= 11 is 0. The molecule has 2 heterocycles. The van der Waals surface area contributed by atoms with Gasteiger partial charge in [-0.1, -0.05) is 12.2 Å². The van der Waals surface area contributed by atoms with Crippen LogP contribution in [0, 0.1) is 0 Å². The van der Waals surface area contributed by atoms with Crippen LogP contribution in [-0.2, 0) is 20.7 Å². The highest BCUT2D eigenvalue weighted by molar-refractivity contribution is 5.77. The molecule has 7 nitrogen and oxygen atoms in total. The predicted molar refractivity (Wildman–Crippen MR) is 100 cm³/mol. The number of pyridine rings is 1. The molecule has 1 aromatic rings. The van der Waals surface area contributed by atoms with Gasteiger partial charge in [-0.15, -0.1) is 0 Å². The lowest BCUT2D eigenvalue weighted by molar-refractivity contribution is -0.142. The Morgan fingerprint density at radius 1 is 1.37 bits per heavy atom. The van der Waals surface area contributed by atoms with Gasteiger partial charge in [0, 0.05) is 38.4 Å². The summed E-state index contributed by atoms with van der Waals surface area (Å²) in [6.07, 6.45) is 10.8. The fourth-order valence-corrected chi connectivity index (χ4v) is 3.17. The molecule has 0 saturated carbocycles. The SMILES string of the molecule is O=C(O)COCCCCN1C(=O)CCC[C@@H]1C=CC(O)Cc1ccncc1. The summed E-state index contributed by atoms with van der Waals surface area (Å²) in [4.78, 5) is 28.5. The maximum Gasteiger partial charge on any atom is 0.329 e. The number of aliphatic carboxylic acids is 1. The Labute approximate surface area is 159 Å². The molecule has 0 bridgehead atoms. The zero-order valence-electron chi connectivity index (χ0n) is 15.5. The van der Waals surface area contributed by atoms with Gasteiger partial charge in [-0.3, -0.25) is 9.78 Å². The standard InChI is InChI=1S/C20H28N2O5/c23-18(14-16-8-10-21-11-9-16)7-6-17-4-3-5-19(24)22(17)12-1-2-13-27-15-20(25)26/h6-11,17-18,23H,1-5,12-15H2,(H,25,26)/t17-,18?/m1/s1. The molecule has 0 radical (unpaired) electrons. The monoisotopic (exact) mass is 376 g/mol. The number of amides is 1. The Bertz CT molecular complexity index is 620. The highest BCUT2D eigenvalue weighted by Crippen LogP contribution is 2.20. The Kier molecular flexibility index (Phi) is 8.94. The second-order valence-corrected chi connectivity index (χ2v) is 6.71. The molecule has 2 N–H and O–H groups in total. The number of hydrogen-bond donors (Lipinski definition) is 2. The van der Waals surface area contributed by atoms with Crippen LogP contribution in [-0.4, -0.2) is 63.9 Å². The van der Waals surface area contributed by atoms with Crippen molar-refractivity contribution >= 4 is 11.9 Å².